The van der Waals surface area contributed by atoms with Gasteiger partial charge in [0, 0.05) is 31.0 Å². The van der Waals surface area contributed by atoms with E-state index in [-0.39, 0.29) is 47.7 Å². The van der Waals surface area contributed by atoms with E-state index in [1.54, 1.807) is 44.6 Å². The van der Waals surface area contributed by atoms with Gasteiger partial charge in [-0.15, -0.1) is 0 Å². The van der Waals surface area contributed by atoms with Crippen molar-refractivity contribution in [1.29, 1.82) is 0 Å². The fraction of sp³-hybridized carbons (Fsp3) is 0.286. The SMILES string of the molecule is COc1ccc(CNC(=O)CCc2nc(CS(=O)(=O)c3ccccc3)no2)c(OC)c1. The Morgan fingerprint density at radius 2 is 1.87 bits per heavy atom. The van der Waals surface area contributed by atoms with Crippen molar-refractivity contribution in [2.45, 2.75) is 30.0 Å². The van der Waals surface area contributed by atoms with Crippen LogP contribution in [0.4, 0.5) is 0 Å². The van der Waals surface area contributed by atoms with E-state index in [2.05, 4.69) is 15.5 Å². The standard InChI is InChI=1S/C21H23N3O6S/c1-28-16-9-8-15(18(12-16)29-2)13-22-20(25)10-11-21-23-19(24-30-21)14-31(26,27)17-6-4-3-5-7-17/h3-9,12H,10-11,13-14H2,1-2H3,(H,22,25). The van der Waals surface area contributed by atoms with Crippen LogP contribution in [0.15, 0.2) is 57.9 Å². The van der Waals surface area contributed by atoms with E-state index in [0.717, 1.165) is 5.56 Å². The first-order chi connectivity index (χ1) is 14.9. The number of hydrogen-bond donors (Lipinski definition) is 1. The molecule has 0 fully saturated rings. The average Bonchev–Trinajstić information content (AvgIpc) is 3.23. The zero-order valence-electron chi connectivity index (χ0n) is 17.2. The Balaban J connectivity index is 1.51. The van der Waals surface area contributed by atoms with Crippen molar-refractivity contribution in [2.75, 3.05) is 14.2 Å². The van der Waals surface area contributed by atoms with Crippen LogP contribution in [0.3, 0.4) is 0 Å². The van der Waals surface area contributed by atoms with Crippen LogP contribution >= 0.6 is 0 Å². The highest BCUT2D eigenvalue weighted by molar-refractivity contribution is 7.90. The van der Waals surface area contributed by atoms with E-state index in [4.69, 9.17) is 14.0 Å². The smallest absolute Gasteiger partial charge is 0.227 e. The Morgan fingerprint density at radius 3 is 2.58 bits per heavy atom. The van der Waals surface area contributed by atoms with Crippen LogP contribution in [0.2, 0.25) is 0 Å². The molecule has 3 aromatic rings. The molecule has 10 heteroatoms. The number of methoxy groups -OCH3 is 2. The molecule has 0 atom stereocenters. The molecule has 0 aliphatic rings. The Morgan fingerprint density at radius 1 is 1.10 bits per heavy atom. The Kier molecular flexibility index (Phi) is 7.24. The molecule has 0 radical (unpaired) electrons. The summed E-state index contributed by atoms with van der Waals surface area (Å²) in [4.78, 5) is 16.4. The van der Waals surface area contributed by atoms with E-state index in [1.165, 1.54) is 12.1 Å². The summed E-state index contributed by atoms with van der Waals surface area (Å²) in [7, 11) is -0.455. The molecule has 0 spiro atoms. The van der Waals surface area contributed by atoms with Crippen molar-refractivity contribution in [2.24, 2.45) is 0 Å². The zero-order valence-corrected chi connectivity index (χ0v) is 18.0. The van der Waals surface area contributed by atoms with Crippen LogP contribution in [0.1, 0.15) is 23.7 Å². The highest BCUT2D eigenvalue weighted by Crippen LogP contribution is 2.24. The van der Waals surface area contributed by atoms with E-state index in [0.29, 0.717) is 11.5 Å². The summed E-state index contributed by atoms with van der Waals surface area (Å²) in [5, 5.41) is 6.51. The number of nitrogens with zero attached hydrogens (tertiary/aromatic N) is 2. The van der Waals surface area contributed by atoms with Gasteiger partial charge < -0.3 is 19.3 Å². The molecule has 164 valence electrons. The Hall–Kier alpha value is -3.40. The molecule has 0 aliphatic carbocycles. The topological polar surface area (TPSA) is 121 Å². The number of benzene rings is 2. The van der Waals surface area contributed by atoms with Gasteiger partial charge in [0.1, 0.15) is 17.3 Å². The van der Waals surface area contributed by atoms with Gasteiger partial charge >= 0.3 is 0 Å². The van der Waals surface area contributed by atoms with Gasteiger partial charge in [-0.05, 0) is 24.3 Å². The van der Waals surface area contributed by atoms with E-state index in [1.807, 2.05) is 6.07 Å². The minimum atomic E-state index is -3.57. The van der Waals surface area contributed by atoms with Gasteiger partial charge in [-0.2, -0.15) is 4.98 Å². The number of amides is 1. The fourth-order valence-electron chi connectivity index (χ4n) is 2.83. The van der Waals surface area contributed by atoms with Crippen LogP contribution in [0.25, 0.3) is 0 Å². The van der Waals surface area contributed by atoms with Gasteiger partial charge in [0.05, 0.1) is 19.1 Å². The zero-order chi connectivity index (χ0) is 22.3. The first-order valence-corrected chi connectivity index (χ1v) is 11.1. The van der Waals surface area contributed by atoms with Crippen molar-refractivity contribution >= 4 is 15.7 Å². The van der Waals surface area contributed by atoms with Gasteiger partial charge in [-0.1, -0.05) is 23.4 Å². The molecule has 1 amide bonds. The number of rotatable bonds is 10. The molecular formula is C21H23N3O6S. The highest BCUT2D eigenvalue weighted by Gasteiger charge is 2.19. The van der Waals surface area contributed by atoms with Crippen LogP contribution in [-0.4, -0.2) is 38.7 Å². The largest absolute Gasteiger partial charge is 0.497 e. The lowest BCUT2D eigenvalue weighted by molar-refractivity contribution is -0.121. The Bertz CT molecular complexity index is 1130. The van der Waals surface area contributed by atoms with Gasteiger partial charge in [0.2, 0.25) is 11.8 Å². The number of aryl methyl sites for hydroxylation is 1. The van der Waals surface area contributed by atoms with Gasteiger partial charge in [-0.25, -0.2) is 8.42 Å². The summed E-state index contributed by atoms with van der Waals surface area (Å²) in [5.41, 5.74) is 0.808. The second-order valence-corrected chi connectivity index (χ2v) is 8.62. The second kappa shape index (κ2) is 10.1. The van der Waals surface area contributed by atoms with E-state index in [9.17, 15) is 13.2 Å². The lowest BCUT2D eigenvalue weighted by Crippen LogP contribution is -2.23. The summed E-state index contributed by atoms with van der Waals surface area (Å²) in [6.45, 7) is 0.288. The maximum atomic E-state index is 12.4. The molecular weight excluding hydrogens is 422 g/mol. The number of sulfone groups is 1. The number of aromatic nitrogens is 2. The lowest BCUT2D eigenvalue weighted by Gasteiger charge is -2.11. The minimum absolute atomic E-state index is 0.0576. The summed E-state index contributed by atoms with van der Waals surface area (Å²) in [6.07, 6.45) is 0.315. The molecule has 1 heterocycles. The maximum absolute atomic E-state index is 12.4. The summed E-state index contributed by atoms with van der Waals surface area (Å²) in [6, 6.07) is 13.4. The number of ether oxygens (including phenoxy) is 2. The first-order valence-electron chi connectivity index (χ1n) is 9.48. The predicted octanol–water partition coefficient (Wildman–Crippen LogP) is 2.31. The number of carbonyl (C=O) groups is 1. The highest BCUT2D eigenvalue weighted by atomic mass is 32.2. The average molecular weight is 445 g/mol. The molecule has 3 rings (SSSR count). The van der Waals surface area contributed by atoms with Crippen molar-refractivity contribution in [3.63, 3.8) is 0 Å². The monoisotopic (exact) mass is 445 g/mol. The van der Waals surface area contributed by atoms with Crippen LogP contribution in [-0.2, 0) is 33.4 Å². The number of nitrogens with one attached hydrogen (secondary N) is 1. The van der Waals surface area contributed by atoms with Gasteiger partial charge in [-0.3, -0.25) is 4.79 Å². The van der Waals surface area contributed by atoms with Crippen LogP contribution < -0.4 is 14.8 Å². The van der Waals surface area contributed by atoms with Crippen molar-refractivity contribution in [3.05, 3.63) is 65.8 Å². The summed E-state index contributed by atoms with van der Waals surface area (Å²) >= 11 is 0. The fourth-order valence-corrected chi connectivity index (χ4v) is 4.03. The molecule has 2 aromatic carbocycles. The van der Waals surface area contributed by atoms with Crippen molar-refractivity contribution in [3.8, 4) is 11.5 Å². The Labute approximate surface area is 180 Å². The van der Waals surface area contributed by atoms with Gasteiger partial charge in [0.15, 0.2) is 15.7 Å². The molecule has 0 aliphatic heterocycles. The molecule has 0 saturated heterocycles. The normalized spacial score (nSPS) is 11.2. The van der Waals surface area contributed by atoms with E-state index < -0.39 is 9.84 Å². The lowest BCUT2D eigenvalue weighted by atomic mass is 10.2. The number of hydrogen-bond acceptors (Lipinski definition) is 8. The first kappa shape index (κ1) is 22.3. The quantitative estimate of drug-likeness (QED) is 0.505. The van der Waals surface area contributed by atoms with Crippen LogP contribution in [0.5, 0.6) is 11.5 Å². The molecule has 9 nitrogen and oxygen atoms in total. The third-order valence-corrected chi connectivity index (χ3v) is 6.10. The second-order valence-electron chi connectivity index (χ2n) is 6.63. The summed E-state index contributed by atoms with van der Waals surface area (Å²) < 4.78 is 40.3. The molecule has 0 saturated carbocycles. The third-order valence-electron chi connectivity index (χ3n) is 4.47. The molecule has 1 N–H and O–H groups in total. The number of carbonyl (C=O) groups excluding carboxylic acids is 1. The van der Waals surface area contributed by atoms with Crippen LogP contribution in [0, 0.1) is 0 Å². The van der Waals surface area contributed by atoms with Crippen molar-refractivity contribution < 1.29 is 27.2 Å². The minimum Gasteiger partial charge on any atom is -0.497 e. The summed E-state index contributed by atoms with van der Waals surface area (Å²) in [5.74, 6) is 0.950. The predicted molar refractivity (Wildman–Crippen MR) is 111 cm³/mol. The molecule has 1 aromatic heterocycles. The van der Waals surface area contributed by atoms with Crippen molar-refractivity contribution in [1.82, 2.24) is 15.5 Å². The molecule has 0 unspecified atom stereocenters. The van der Waals surface area contributed by atoms with Gasteiger partial charge in [0.25, 0.3) is 0 Å². The maximum Gasteiger partial charge on any atom is 0.227 e. The third kappa shape index (κ3) is 6.05. The van der Waals surface area contributed by atoms with E-state index >= 15 is 0 Å². The molecule has 31 heavy (non-hydrogen) atoms. The molecule has 0 bridgehead atoms.